The minimum atomic E-state index is -0.301. The van der Waals surface area contributed by atoms with Crippen LogP contribution in [0.4, 0.5) is 10.1 Å². The number of nitrogens with one attached hydrogen (secondary N) is 1. The van der Waals surface area contributed by atoms with Crippen LogP contribution in [0.5, 0.6) is 0 Å². The van der Waals surface area contributed by atoms with Crippen molar-refractivity contribution in [1.29, 1.82) is 0 Å². The number of piperazine rings is 1. The van der Waals surface area contributed by atoms with Crippen LogP contribution in [0.2, 0.25) is 0 Å². The van der Waals surface area contributed by atoms with Crippen molar-refractivity contribution in [1.82, 2.24) is 9.80 Å². The van der Waals surface area contributed by atoms with Crippen molar-refractivity contribution < 1.29 is 9.18 Å². The molecule has 5 heteroatoms. The number of amides is 1. The molecule has 0 aliphatic carbocycles. The van der Waals surface area contributed by atoms with Crippen molar-refractivity contribution in [3.63, 3.8) is 0 Å². The third-order valence-electron chi connectivity index (χ3n) is 3.58. The van der Waals surface area contributed by atoms with E-state index < -0.39 is 0 Å². The minimum Gasteiger partial charge on any atom is -0.325 e. The number of hydrogen-bond donors (Lipinski definition) is 1. The number of hydrogen-bond acceptors (Lipinski definition) is 3. The van der Waals surface area contributed by atoms with Gasteiger partial charge in [0, 0.05) is 31.9 Å². The molecule has 0 radical (unpaired) electrons. The largest absolute Gasteiger partial charge is 0.325 e. The molecule has 0 spiro atoms. The zero-order valence-corrected chi connectivity index (χ0v) is 11.4. The molecule has 1 fully saturated rings. The van der Waals surface area contributed by atoms with Gasteiger partial charge in [-0.05, 0) is 38.2 Å². The summed E-state index contributed by atoms with van der Waals surface area (Å²) in [7, 11) is 2.08. The zero-order valence-electron chi connectivity index (χ0n) is 11.4. The lowest BCUT2D eigenvalue weighted by atomic mass is 10.2. The Hall–Kier alpha value is -1.46. The van der Waals surface area contributed by atoms with Crippen molar-refractivity contribution in [3.8, 4) is 0 Å². The summed E-state index contributed by atoms with van der Waals surface area (Å²) in [5, 5.41) is 2.82. The highest BCUT2D eigenvalue weighted by Crippen LogP contribution is 2.11. The van der Waals surface area contributed by atoms with Crippen LogP contribution in [0.25, 0.3) is 0 Å². The Morgan fingerprint density at radius 3 is 2.37 bits per heavy atom. The fourth-order valence-corrected chi connectivity index (χ4v) is 2.15. The highest BCUT2D eigenvalue weighted by molar-refractivity contribution is 5.94. The molecule has 0 aromatic heterocycles. The van der Waals surface area contributed by atoms with E-state index >= 15 is 0 Å². The molecule has 1 N–H and O–H groups in total. The first-order valence-corrected chi connectivity index (χ1v) is 6.55. The van der Waals surface area contributed by atoms with Crippen molar-refractivity contribution in [2.75, 3.05) is 38.5 Å². The van der Waals surface area contributed by atoms with Gasteiger partial charge in [0.25, 0.3) is 0 Å². The highest BCUT2D eigenvalue weighted by Gasteiger charge is 2.24. The standard InChI is InChI=1S/C14H20FN3O/c1-11(18-9-7-17(2)8-10-18)14(19)16-13-5-3-12(15)4-6-13/h3-6,11H,7-10H2,1-2H3,(H,16,19)/t11-/m1/s1. The molecule has 0 saturated carbocycles. The molecule has 19 heavy (non-hydrogen) atoms. The first-order chi connectivity index (χ1) is 9.06. The normalized spacial score (nSPS) is 19.1. The maximum Gasteiger partial charge on any atom is 0.241 e. The molecule has 4 nitrogen and oxygen atoms in total. The summed E-state index contributed by atoms with van der Waals surface area (Å²) in [4.78, 5) is 16.5. The van der Waals surface area contributed by atoms with Gasteiger partial charge in [-0.1, -0.05) is 0 Å². The van der Waals surface area contributed by atoms with Crippen molar-refractivity contribution in [2.24, 2.45) is 0 Å². The lowest BCUT2D eigenvalue weighted by molar-refractivity contribution is -0.121. The number of carbonyl (C=O) groups is 1. The summed E-state index contributed by atoms with van der Waals surface area (Å²) in [6, 6.07) is 5.67. The SMILES string of the molecule is C[C@H](C(=O)Nc1ccc(F)cc1)N1CCN(C)CC1. The average Bonchev–Trinajstić information content (AvgIpc) is 2.41. The first-order valence-electron chi connectivity index (χ1n) is 6.55. The average molecular weight is 265 g/mol. The third kappa shape index (κ3) is 3.75. The molecular weight excluding hydrogens is 245 g/mol. The summed E-state index contributed by atoms with van der Waals surface area (Å²) in [6.45, 7) is 5.66. The highest BCUT2D eigenvalue weighted by atomic mass is 19.1. The molecule has 1 saturated heterocycles. The second kappa shape index (κ2) is 6.12. The second-order valence-corrected chi connectivity index (χ2v) is 5.01. The Balaban J connectivity index is 1.90. The summed E-state index contributed by atoms with van der Waals surface area (Å²) in [5.74, 6) is -0.346. The number of likely N-dealkylation sites (N-methyl/N-ethyl adjacent to an activating group) is 1. The van der Waals surface area contributed by atoms with Crippen LogP contribution in [0, 0.1) is 5.82 Å². The lowest BCUT2D eigenvalue weighted by Gasteiger charge is -2.35. The zero-order chi connectivity index (χ0) is 13.8. The van der Waals surface area contributed by atoms with Crippen LogP contribution in [-0.4, -0.2) is 55.0 Å². The molecule has 1 aliphatic rings. The fraction of sp³-hybridized carbons (Fsp3) is 0.500. The van der Waals surface area contributed by atoms with Crippen LogP contribution in [0.15, 0.2) is 24.3 Å². The van der Waals surface area contributed by atoms with Crippen LogP contribution >= 0.6 is 0 Å². The van der Waals surface area contributed by atoms with Gasteiger partial charge >= 0.3 is 0 Å². The molecule has 0 unspecified atom stereocenters. The van der Waals surface area contributed by atoms with Crippen molar-refractivity contribution >= 4 is 11.6 Å². The smallest absolute Gasteiger partial charge is 0.241 e. The van der Waals surface area contributed by atoms with Crippen molar-refractivity contribution in [2.45, 2.75) is 13.0 Å². The summed E-state index contributed by atoms with van der Waals surface area (Å²) < 4.78 is 12.8. The van der Waals surface area contributed by atoms with Gasteiger partial charge in [-0.15, -0.1) is 0 Å². The van der Waals surface area contributed by atoms with Gasteiger partial charge in [0.05, 0.1) is 6.04 Å². The van der Waals surface area contributed by atoms with Crippen LogP contribution in [0.1, 0.15) is 6.92 Å². The lowest BCUT2D eigenvalue weighted by Crippen LogP contribution is -2.51. The number of nitrogens with zero attached hydrogens (tertiary/aromatic N) is 2. The molecule has 1 heterocycles. The van der Waals surface area contributed by atoms with E-state index in [0.29, 0.717) is 5.69 Å². The second-order valence-electron chi connectivity index (χ2n) is 5.01. The Labute approximate surface area is 113 Å². The molecule has 1 aromatic carbocycles. The number of rotatable bonds is 3. The van der Waals surface area contributed by atoms with E-state index in [1.165, 1.54) is 12.1 Å². The molecule has 1 amide bonds. The predicted octanol–water partition coefficient (Wildman–Crippen LogP) is 1.40. The molecule has 1 aliphatic heterocycles. The Morgan fingerprint density at radius 1 is 1.21 bits per heavy atom. The van der Waals surface area contributed by atoms with E-state index in [-0.39, 0.29) is 17.8 Å². The van der Waals surface area contributed by atoms with E-state index in [0.717, 1.165) is 26.2 Å². The monoisotopic (exact) mass is 265 g/mol. The van der Waals surface area contributed by atoms with Crippen LogP contribution in [-0.2, 0) is 4.79 Å². The van der Waals surface area contributed by atoms with E-state index in [4.69, 9.17) is 0 Å². The molecular formula is C14H20FN3O. The number of carbonyl (C=O) groups excluding carboxylic acids is 1. The van der Waals surface area contributed by atoms with E-state index in [2.05, 4.69) is 22.2 Å². The maximum absolute atomic E-state index is 12.8. The van der Waals surface area contributed by atoms with Crippen molar-refractivity contribution in [3.05, 3.63) is 30.1 Å². The van der Waals surface area contributed by atoms with Gasteiger partial charge in [0.1, 0.15) is 5.82 Å². The van der Waals surface area contributed by atoms with E-state index in [9.17, 15) is 9.18 Å². The summed E-state index contributed by atoms with van der Waals surface area (Å²) in [6.07, 6.45) is 0. The quantitative estimate of drug-likeness (QED) is 0.897. The van der Waals surface area contributed by atoms with Gasteiger partial charge in [-0.3, -0.25) is 9.69 Å². The van der Waals surface area contributed by atoms with Gasteiger partial charge in [0.15, 0.2) is 0 Å². The third-order valence-corrected chi connectivity index (χ3v) is 3.58. The number of anilines is 1. The Kier molecular flexibility index (Phi) is 4.50. The molecule has 1 aromatic rings. The van der Waals surface area contributed by atoms with Gasteiger partial charge in [-0.25, -0.2) is 4.39 Å². The van der Waals surface area contributed by atoms with E-state index in [1.807, 2.05) is 6.92 Å². The maximum atomic E-state index is 12.8. The molecule has 104 valence electrons. The van der Waals surface area contributed by atoms with E-state index in [1.54, 1.807) is 12.1 Å². The predicted molar refractivity (Wildman–Crippen MR) is 73.6 cm³/mol. The van der Waals surface area contributed by atoms with Crippen LogP contribution in [0.3, 0.4) is 0 Å². The number of halogens is 1. The summed E-state index contributed by atoms with van der Waals surface area (Å²) in [5.41, 5.74) is 0.632. The first kappa shape index (κ1) is 14.0. The van der Waals surface area contributed by atoms with Crippen LogP contribution < -0.4 is 5.32 Å². The topological polar surface area (TPSA) is 35.6 Å². The Bertz CT molecular complexity index is 427. The van der Waals surface area contributed by atoms with Gasteiger partial charge in [-0.2, -0.15) is 0 Å². The minimum absolute atomic E-state index is 0.0452. The number of benzene rings is 1. The molecule has 0 bridgehead atoms. The fourth-order valence-electron chi connectivity index (χ4n) is 2.15. The Morgan fingerprint density at radius 2 is 1.79 bits per heavy atom. The summed E-state index contributed by atoms with van der Waals surface area (Å²) >= 11 is 0. The molecule has 2 rings (SSSR count). The van der Waals surface area contributed by atoms with Gasteiger partial charge in [0.2, 0.25) is 5.91 Å². The van der Waals surface area contributed by atoms with Gasteiger partial charge < -0.3 is 10.2 Å². The molecule has 1 atom stereocenters.